The van der Waals surface area contributed by atoms with Crippen LogP contribution in [-0.2, 0) is 4.79 Å². The predicted octanol–water partition coefficient (Wildman–Crippen LogP) is 1.23. The zero-order valence-corrected chi connectivity index (χ0v) is 8.79. The Morgan fingerprint density at radius 2 is 2.44 bits per heavy atom. The molecule has 5 nitrogen and oxygen atoms in total. The molecule has 3 rings (SSSR count). The monoisotopic (exact) mass is 217 g/mol. The third-order valence-electron chi connectivity index (χ3n) is 2.95. The third kappa shape index (κ3) is 1.36. The summed E-state index contributed by atoms with van der Waals surface area (Å²) in [4.78, 5) is 15.1. The highest BCUT2D eigenvalue weighted by Crippen LogP contribution is 2.46. The molecule has 2 unspecified atom stereocenters. The van der Waals surface area contributed by atoms with Crippen molar-refractivity contribution >= 4 is 11.6 Å². The van der Waals surface area contributed by atoms with Crippen molar-refractivity contribution in [2.24, 2.45) is 5.92 Å². The third-order valence-corrected chi connectivity index (χ3v) is 2.95. The molecule has 2 aromatic heterocycles. The normalized spacial score (nSPS) is 23.6. The van der Waals surface area contributed by atoms with Crippen molar-refractivity contribution < 1.29 is 9.90 Å². The maximum absolute atomic E-state index is 10.8. The van der Waals surface area contributed by atoms with Crippen LogP contribution in [0.2, 0.25) is 0 Å². The van der Waals surface area contributed by atoms with E-state index >= 15 is 0 Å². The highest BCUT2D eigenvalue weighted by Gasteiger charge is 2.46. The van der Waals surface area contributed by atoms with Crippen LogP contribution in [0.25, 0.3) is 5.65 Å². The summed E-state index contributed by atoms with van der Waals surface area (Å²) < 4.78 is 1.69. The highest BCUT2D eigenvalue weighted by atomic mass is 16.4. The first-order valence-electron chi connectivity index (χ1n) is 5.21. The second-order valence-electron chi connectivity index (χ2n) is 4.26. The largest absolute Gasteiger partial charge is 0.481 e. The van der Waals surface area contributed by atoms with Gasteiger partial charge in [-0.3, -0.25) is 4.79 Å². The first-order valence-corrected chi connectivity index (χ1v) is 5.21. The predicted molar refractivity (Wildman–Crippen MR) is 56.2 cm³/mol. The van der Waals surface area contributed by atoms with E-state index in [0.717, 1.165) is 11.2 Å². The van der Waals surface area contributed by atoms with Gasteiger partial charge in [-0.05, 0) is 31.0 Å². The first-order chi connectivity index (χ1) is 7.65. The van der Waals surface area contributed by atoms with E-state index in [-0.39, 0.29) is 11.8 Å². The van der Waals surface area contributed by atoms with Gasteiger partial charge < -0.3 is 5.11 Å². The number of carboxylic acids is 1. The molecule has 2 aromatic rings. The molecule has 0 spiro atoms. The lowest BCUT2D eigenvalue weighted by Gasteiger charge is -1.91. The minimum atomic E-state index is -0.750. The molecule has 1 aliphatic rings. The number of carboxylic acid groups (broad SMARTS) is 1. The van der Waals surface area contributed by atoms with Gasteiger partial charge in [-0.2, -0.15) is 5.10 Å². The topological polar surface area (TPSA) is 67.5 Å². The van der Waals surface area contributed by atoms with Gasteiger partial charge in [0.25, 0.3) is 0 Å². The van der Waals surface area contributed by atoms with Gasteiger partial charge in [0.2, 0.25) is 0 Å². The molecule has 0 aliphatic heterocycles. The lowest BCUT2D eigenvalue weighted by Crippen LogP contribution is -1.99. The molecular formula is C11H11N3O2. The second-order valence-corrected chi connectivity index (χ2v) is 4.26. The Balaban J connectivity index is 1.98. The number of fused-ring (bicyclic) bond motifs is 1. The van der Waals surface area contributed by atoms with Gasteiger partial charge in [0.1, 0.15) is 0 Å². The molecule has 16 heavy (non-hydrogen) atoms. The Hall–Kier alpha value is -1.91. The number of carbonyl (C=O) groups is 1. The SMILES string of the molecule is Cc1ccn2nc(C3CC3C(=O)O)nc2c1. The van der Waals surface area contributed by atoms with Crippen LogP contribution < -0.4 is 0 Å². The number of aryl methyl sites for hydroxylation is 1. The maximum atomic E-state index is 10.8. The van der Waals surface area contributed by atoms with Gasteiger partial charge in [0.15, 0.2) is 11.5 Å². The number of hydrogen-bond donors (Lipinski definition) is 1. The fourth-order valence-corrected chi connectivity index (χ4v) is 1.91. The van der Waals surface area contributed by atoms with Crippen LogP contribution in [0.1, 0.15) is 23.7 Å². The summed E-state index contributed by atoms with van der Waals surface area (Å²) >= 11 is 0. The van der Waals surface area contributed by atoms with E-state index in [1.54, 1.807) is 4.52 Å². The van der Waals surface area contributed by atoms with E-state index in [4.69, 9.17) is 5.11 Å². The Morgan fingerprint density at radius 3 is 3.12 bits per heavy atom. The summed E-state index contributed by atoms with van der Waals surface area (Å²) in [5.41, 5.74) is 1.91. The molecule has 1 aliphatic carbocycles. The van der Waals surface area contributed by atoms with E-state index in [0.29, 0.717) is 12.2 Å². The smallest absolute Gasteiger partial charge is 0.307 e. The lowest BCUT2D eigenvalue weighted by molar-refractivity contribution is -0.138. The molecule has 5 heteroatoms. The molecule has 1 N–H and O–H groups in total. The molecule has 1 fully saturated rings. The van der Waals surface area contributed by atoms with Gasteiger partial charge in [-0.15, -0.1) is 0 Å². The van der Waals surface area contributed by atoms with Gasteiger partial charge >= 0.3 is 5.97 Å². The van der Waals surface area contributed by atoms with E-state index in [9.17, 15) is 4.79 Å². The molecule has 2 atom stereocenters. The van der Waals surface area contributed by atoms with Crippen LogP contribution in [0.3, 0.4) is 0 Å². The highest BCUT2D eigenvalue weighted by molar-refractivity contribution is 5.74. The van der Waals surface area contributed by atoms with Crippen LogP contribution >= 0.6 is 0 Å². The summed E-state index contributed by atoms with van der Waals surface area (Å²) in [6.07, 6.45) is 2.50. The second kappa shape index (κ2) is 3.04. The average molecular weight is 217 g/mol. The Labute approximate surface area is 91.7 Å². The van der Waals surface area contributed by atoms with Crippen molar-refractivity contribution in [3.8, 4) is 0 Å². The first kappa shape index (κ1) is 9.33. The Morgan fingerprint density at radius 1 is 1.62 bits per heavy atom. The van der Waals surface area contributed by atoms with Gasteiger partial charge in [0, 0.05) is 12.1 Å². The van der Waals surface area contributed by atoms with Crippen LogP contribution in [0.4, 0.5) is 0 Å². The fraction of sp³-hybridized carbons (Fsp3) is 0.364. The molecule has 82 valence electrons. The van der Waals surface area contributed by atoms with Crippen molar-refractivity contribution in [1.82, 2.24) is 14.6 Å². The number of aliphatic carboxylic acids is 1. The summed E-state index contributed by atoms with van der Waals surface area (Å²) in [7, 11) is 0. The van der Waals surface area contributed by atoms with E-state index in [1.807, 2.05) is 25.3 Å². The van der Waals surface area contributed by atoms with Crippen LogP contribution in [-0.4, -0.2) is 25.7 Å². The van der Waals surface area contributed by atoms with Crippen LogP contribution in [0, 0.1) is 12.8 Å². The Bertz CT molecular complexity index is 576. The number of pyridine rings is 1. The van der Waals surface area contributed by atoms with Gasteiger partial charge in [-0.1, -0.05) is 0 Å². The van der Waals surface area contributed by atoms with E-state index < -0.39 is 5.97 Å². The van der Waals surface area contributed by atoms with Crippen molar-refractivity contribution in [2.45, 2.75) is 19.3 Å². The fourth-order valence-electron chi connectivity index (χ4n) is 1.91. The molecule has 0 bridgehead atoms. The van der Waals surface area contributed by atoms with Crippen molar-refractivity contribution in [2.75, 3.05) is 0 Å². The summed E-state index contributed by atoms with van der Waals surface area (Å²) in [6, 6.07) is 3.89. The maximum Gasteiger partial charge on any atom is 0.307 e. The quantitative estimate of drug-likeness (QED) is 0.821. The Kier molecular flexibility index (Phi) is 1.77. The average Bonchev–Trinajstić information content (AvgIpc) is 2.93. The zero-order valence-electron chi connectivity index (χ0n) is 8.79. The molecule has 0 saturated heterocycles. The molecule has 2 heterocycles. The van der Waals surface area contributed by atoms with Crippen molar-refractivity contribution in [1.29, 1.82) is 0 Å². The summed E-state index contributed by atoms with van der Waals surface area (Å²) in [5, 5.41) is 13.1. The molecular weight excluding hydrogens is 206 g/mol. The van der Waals surface area contributed by atoms with Crippen molar-refractivity contribution in [3.63, 3.8) is 0 Å². The summed E-state index contributed by atoms with van der Waals surface area (Å²) in [5.74, 6) is -0.394. The van der Waals surface area contributed by atoms with Crippen LogP contribution in [0.15, 0.2) is 18.3 Å². The van der Waals surface area contributed by atoms with Gasteiger partial charge in [-0.25, -0.2) is 9.50 Å². The standard InChI is InChI=1S/C11H11N3O2/c1-6-2-3-14-9(4-6)12-10(13-14)7-5-8(7)11(15)16/h2-4,7-8H,5H2,1H3,(H,15,16). The minimum Gasteiger partial charge on any atom is -0.481 e. The van der Waals surface area contributed by atoms with Gasteiger partial charge in [0.05, 0.1) is 5.92 Å². The number of rotatable bonds is 2. The number of aromatic nitrogens is 3. The van der Waals surface area contributed by atoms with Crippen LogP contribution in [0.5, 0.6) is 0 Å². The molecule has 0 radical (unpaired) electrons. The van der Waals surface area contributed by atoms with Crippen molar-refractivity contribution in [3.05, 3.63) is 29.7 Å². The molecule has 0 aromatic carbocycles. The number of hydrogen-bond acceptors (Lipinski definition) is 3. The molecule has 1 saturated carbocycles. The zero-order chi connectivity index (χ0) is 11.3. The number of nitrogens with zero attached hydrogens (tertiary/aromatic N) is 3. The molecule has 0 amide bonds. The van der Waals surface area contributed by atoms with E-state index in [2.05, 4.69) is 10.1 Å². The van der Waals surface area contributed by atoms with E-state index in [1.165, 1.54) is 0 Å². The minimum absolute atomic E-state index is 0.00212. The summed E-state index contributed by atoms with van der Waals surface area (Å²) in [6.45, 7) is 1.99. The lowest BCUT2D eigenvalue weighted by atomic mass is 10.3.